The predicted octanol–water partition coefficient (Wildman–Crippen LogP) is 5.73. The van der Waals surface area contributed by atoms with Crippen LogP contribution < -0.4 is 0 Å². The van der Waals surface area contributed by atoms with E-state index in [2.05, 4.69) is 6.92 Å². The van der Waals surface area contributed by atoms with Gasteiger partial charge in [-0.3, -0.25) is 0 Å². The molecule has 27 heavy (non-hydrogen) atoms. The van der Waals surface area contributed by atoms with E-state index >= 15 is 0 Å². The fraction of sp³-hybridized carbons (Fsp3) is 1.00. The van der Waals surface area contributed by atoms with Gasteiger partial charge in [0, 0.05) is 5.41 Å². The summed E-state index contributed by atoms with van der Waals surface area (Å²) in [5, 5.41) is 0. The SMILES string of the molecule is CCC(OC12CC3CC(CC(C3)C1)C2)[C@H]1OC1C12CC3CC(CC(C3)C1)C2. The normalized spacial score (nSPS) is 60.8. The Morgan fingerprint density at radius 1 is 0.741 bits per heavy atom. The molecule has 0 aromatic heterocycles. The van der Waals surface area contributed by atoms with Gasteiger partial charge in [-0.05, 0) is 119 Å². The highest BCUT2D eigenvalue weighted by Gasteiger charge is 2.64. The third-order valence-corrected chi connectivity index (χ3v) is 10.4. The maximum atomic E-state index is 7.09. The van der Waals surface area contributed by atoms with E-state index in [9.17, 15) is 0 Å². The van der Waals surface area contributed by atoms with Crippen LogP contribution in [0.4, 0.5) is 0 Å². The van der Waals surface area contributed by atoms with E-state index in [0.29, 0.717) is 23.7 Å². The second-order valence-electron chi connectivity index (χ2n) is 12.5. The van der Waals surface area contributed by atoms with Gasteiger partial charge in [0.2, 0.25) is 0 Å². The summed E-state index contributed by atoms with van der Waals surface area (Å²) in [5.41, 5.74) is 0.797. The zero-order chi connectivity index (χ0) is 17.8. The average Bonchev–Trinajstić information content (AvgIpc) is 3.39. The molecule has 8 saturated carbocycles. The Morgan fingerprint density at radius 3 is 1.63 bits per heavy atom. The molecule has 2 nitrogen and oxygen atoms in total. The van der Waals surface area contributed by atoms with Crippen LogP contribution in [0.5, 0.6) is 0 Å². The number of hydrogen-bond acceptors (Lipinski definition) is 2. The first-order valence-electron chi connectivity index (χ1n) is 12.5. The molecule has 0 spiro atoms. The quantitative estimate of drug-likeness (QED) is 0.576. The Morgan fingerprint density at radius 2 is 1.19 bits per heavy atom. The third kappa shape index (κ3) is 2.51. The fourth-order valence-electron chi connectivity index (χ4n) is 10.3. The van der Waals surface area contributed by atoms with Crippen LogP contribution in [0.1, 0.15) is 90.4 Å². The van der Waals surface area contributed by atoms with E-state index in [-0.39, 0.29) is 5.60 Å². The molecule has 1 aliphatic heterocycles. The number of hydrogen-bond donors (Lipinski definition) is 0. The van der Waals surface area contributed by atoms with Crippen molar-refractivity contribution >= 4 is 0 Å². The van der Waals surface area contributed by atoms with Gasteiger partial charge in [-0.1, -0.05) is 6.92 Å². The molecule has 2 heteroatoms. The summed E-state index contributed by atoms with van der Waals surface area (Å²) >= 11 is 0. The molecule has 0 amide bonds. The molecule has 9 rings (SSSR count). The van der Waals surface area contributed by atoms with Crippen molar-refractivity contribution in [2.75, 3.05) is 0 Å². The first-order chi connectivity index (χ1) is 13.1. The number of rotatable bonds is 5. The maximum Gasteiger partial charge on any atom is 0.111 e. The predicted molar refractivity (Wildman–Crippen MR) is 105 cm³/mol. The molecular weight excluding hydrogens is 332 g/mol. The van der Waals surface area contributed by atoms with Gasteiger partial charge in [-0.25, -0.2) is 0 Å². The zero-order valence-corrected chi connectivity index (χ0v) is 17.2. The van der Waals surface area contributed by atoms with Crippen LogP contribution in [0, 0.1) is 40.9 Å². The third-order valence-electron chi connectivity index (χ3n) is 10.4. The number of epoxide rings is 1. The smallest absolute Gasteiger partial charge is 0.111 e. The van der Waals surface area contributed by atoms with Crippen LogP contribution in [0.15, 0.2) is 0 Å². The Labute approximate surface area is 165 Å². The largest absolute Gasteiger partial charge is 0.369 e. The van der Waals surface area contributed by atoms with Crippen LogP contribution in [-0.2, 0) is 9.47 Å². The number of ether oxygens (including phenoxy) is 2. The van der Waals surface area contributed by atoms with Crippen molar-refractivity contribution < 1.29 is 9.47 Å². The summed E-state index contributed by atoms with van der Waals surface area (Å²) in [6.07, 6.45) is 20.2. The average molecular weight is 371 g/mol. The topological polar surface area (TPSA) is 21.8 Å². The lowest BCUT2D eigenvalue weighted by Gasteiger charge is -2.57. The molecule has 9 aliphatic rings. The molecule has 0 N–H and O–H groups in total. The second-order valence-corrected chi connectivity index (χ2v) is 12.5. The molecule has 2 unspecified atom stereocenters. The van der Waals surface area contributed by atoms with Crippen molar-refractivity contribution in [3.63, 3.8) is 0 Å². The lowest BCUT2D eigenvalue weighted by Crippen LogP contribution is -2.54. The van der Waals surface area contributed by atoms with Gasteiger partial charge in [-0.2, -0.15) is 0 Å². The van der Waals surface area contributed by atoms with Crippen molar-refractivity contribution in [3.8, 4) is 0 Å². The van der Waals surface area contributed by atoms with Crippen molar-refractivity contribution in [3.05, 3.63) is 0 Å². The standard InChI is InChI=1S/C25H38O2/c1-2-21(27-25-12-18-6-19(13-25)8-20(7-18)14-25)22-23(26-22)24-9-15-3-16(10-24)5-17(4-15)11-24/h15-23H,2-14H2,1H3/t15?,16?,17?,18?,19?,20?,21?,22-,23?,24?,25?/m1/s1. The van der Waals surface area contributed by atoms with Gasteiger partial charge in [0.1, 0.15) is 6.10 Å². The lowest BCUT2D eigenvalue weighted by atomic mass is 9.48. The highest BCUT2D eigenvalue weighted by atomic mass is 16.6. The molecule has 0 radical (unpaired) electrons. The zero-order valence-electron chi connectivity index (χ0n) is 17.2. The van der Waals surface area contributed by atoms with E-state index < -0.39 is 0 Å². The summed E-state index contributed by atoms with van der Waals surface area (Å²) in [6, 6.07) is 0. The molecular formula is C25H38O2. The van der Waals surface area contributed by atoms with Crippen molar-refractivity contribution in [2.24, 2.45) is 40.9 Å². The minimum absolute atomic E-state index is 0.243. The van der Waals surface area contributed by atoms with Gasteiger partial charge in [-0.15, -0.1) is 0 Å². The van der Waals surface area contributed by atoms with Crippen molar-refractivity contribution in [1.29, 1.82) is 0 Å². The van der Waals surface area contributed by atoms with Gasteiger partial charge >= 0.3 is 0 Å². The van der Waals surface area contributed by atoms with Crippen LogP contribution in [-0.4, -0.2) is 23.9 Å². The molecule has 9 fully saturated rings. The minimum Gasteiger partial charge on any atom is -0.369 e. The molecule has 150 valence electrons. The first kappa shape index (κ1) is 16.7. The van der Waals surface area contributed by atoms with Gasteiger partial charge in [0.15, 0.2) is 0 Å². The molecule has 3 atom stereocenters. The highest BCUT2D eigenvalue weighted by molar-refractivity contribution is 5.12. The van der Waals surface area contributed by atoms with Crippen LogP contribution in [0.25, 0.3) is 0 Å². The van der Waals surface area contributed by atoms with E-state index in [1.54, 1.807) is 0 Å². The fourth-order valence-corrected chi connectivity index (χ4v) is 10.3. The van der Waals surface area contributed by atoms with Gasteiger partial charge in [0.25, 0.3) is 0 Å². The molecule has 1 heterocycles. The molecule has 0 aromatic carbocycles. The summed E-state index contributed by atoms with van der Waals surface area (Å²) in [5.74, 6) is 6.04. The van der Waals surface area contributed by atoms with Gasteiger partial charge in [0.05, 0.1) is 17.8 Å². The Balaban J connectivity index is 1.09. The monoisotopic (exact) mass is 370 g/mol. The maximum absolute atomic E-state index is 7.09. The Hall–Kier alpha value is -0.0800. The van der Waals surface area contributed by atoms with E-state index in [1.807, 2.05) is 0 Å². The highest BCUT2D eigenvalue weighted by Crippen LogP contribution is 2.65. The summed E-state index contributed by atoms with van der Waals surface area (Å²) in [7, 11) is 0. The van der Waals surface area contributed by atoms with E-state index in [4.69, 9.17) is 9.47 Å². The lowest BCUT2D eigenvalue weighted by molar-refractivity contribution is -0.192. The van der Waals surface area contributed by atoms with Crippen molar-refractivity contribution in [1.82, 2.24) is 0 Å². The second kappa shape index (κ2) is 5.54. The molecule has 1 saturated heterocycles. The van der Waals surface area contributed by atoms with E-state index in [0.717, 1.165) is 41.9 Å². The van der Waals surface area contributed by atoms with Crippen molar-refractivity contribution in [2.45, 2.75) is 114 Å². The minimum atomic E-state index is 0.243. The molecule has 8 bridgehead atoms. The van der Waals surface area contributed by atoms with E-state index in [1.165, 1.54) is 77.0 Å². The van der Waals surface area contributed by atoms with Gasteiger partial charge < -0.3 is 9.47 Å². The summed E-state index contributed by atoms with van der Waals surface area (Å²) in [6.45, 7) is 2.35. The Bertz CT molecular complexity index is 553. The van der Waals surface area contributed by atoms with Crippen LogP contribution >= 0.6 is 0 Å². The summed E-state index contributed by atoms with van der Waals surface area (Å²) < 4.78 is 13.6. The summed E-state index contributed by atoms with van der Waals surface area (Å²) in [4.78, 5) is 0. The first-order valence-corrected chi connectivity index (χ1v) is 12.5. The molecule has 0 aromatic rings. The van der Waals surface area contributed by atoms with Crippen LogP contribution in [0.3, 0.4) is 0 Å². The van der Waals surface area contributed by atoms with Crippen LogP contribution in [0.2, 0.25) is 0 Å². The molecule has 8 aliphatic carbocycles. The Kier molecular flexibility index (Phi) is 3.42.